The number of hydrogen-bond acceptors (Lipinski definition) is 2. The smallest absolute Gasteiger partial charge is 0.272 e. The van der Waals surface area contributed by atoms with Gasteiger partial charge in [-0.25, -0.2) is 13.5 Å². The standard InChI is InChI=1S/C27H29F2N3O/c1-25(2)18-13-14-27(25,5)23-21(18)22(31-32(23)20-12-11-17(28)15-19(20)29)24(33)30-26(3,4)16-9-7-6-8-10-16/h6-12,15,18H,13-14H2,1-5H3,(H,30,33). The fourth-order valence-electron chi connectivity index (χ4n) is 5.99. The second-order valence-corrected chi connectivity index (χ2v) is 10.7. The van der Waals surface area contributed by atoms with Crippen molar-refractivity contribution in [2.24, 2.45) is 5.41 Å². The number of halogens is 2. The highest BCUT2D eigenvalue weighted by atomic mass is 19.1. The number of hydrogen-bond donors (Lipinski definition) is 1. The lowest BCUT2D eigenvalue weighted by atomic mass is 9.70. The van der Waals surface area contributed by atoms with E-state index in [0.717, 1.165) is 35.7 Å². The first-order valence-corrected chi connectivity index (χ1v) is 11.4. The molecule has 2 aromatic carbocycles. The summed E-state index contributed by atoms with van der Waals surface area (Å²) >= 11 is 0. The number of amides is 1. The lowest BCUT2D eigenvalue weighted by Crippen LogP contribution is -2.41. The van der Waals surface area contributed by atoms with Gasteiger partial charge >= 0.3 is 0 Å². The first-order valence-electron chi connectivity index (χ1n) is 11.4. The molecule has 1 aromatic heterocycles. The van der Waals surface area contributed by atoms with Gasteiger partial charge in [0.25, 0.3) is 5.91 Å². The largest absolute Gasteiger partial charge is 0.342 e. The molecular weight excluding hydrogens is 420 g/mol. The van der Waals surface area contributed by atoms with Crippen LogP contribution in [0.5, 0.6) is 0 Å². The van der Waals surface area contributed by atoms with E-state index in [1.807, 2.05) is 44.2 Å². The van der Waals surface area contributed by atoms with E-state index in [-0.39, 0.29) is 28.3 Å². The van der Waals surface area contributed by atoms with Crippen molar-refractivity contribution in [3.63, 3.8) is 0 Å². The van der Waals surface area contributed by atoms with Crippen LogP contribution in [-0.4, -0.2) is 15.7 Å². The molecule has 2 bridgehead atoms. The minimum Gasteiger partial charge on any atom is -0.342 e. The number of carbonyl (C=O) groups excluding carboxylic acids is 1. The fourth-order valence-corrected chi connectivity index (χ4v) is 5.99. The molecule has 0 aliphatic heterocycles. The Kier molecular flexibility index (Phi) is 4.62. The van der Waals surface area contributed by atoms with Gasteiger partial charge in [0.2, 0.25) is 0 Å². The van der Waals surface area contributed by atoms with E-state index in [2.05, 4.69) is 31.2 Å². The van der Waals surface area contributed by atoms with E-state index in [0.29, 0.717) is 5.69 Å². The molecule has 1 amide bonds. The van der Waals surface area contributed by atoms with Crippen molar-refractivity contribution in [2.45, 2.75) is 64.3 Å². The first-order chi connectivity index (χ1) is 15.5. The minimum absolute atomic E-state index is 0.108. The highest BCUT2D eigenvalue weighted by Gasteiger charge is 2.63. The monoisotopic (exact) mass is 449 g/mol. The molecule has 0 spiro atoms. The molecule has 2 aliphatic rings. The van der Waals surface area contributed by atoms with Gasteiger partial charge in [0.15, 0.2) is 11.5 Å². The van der Waals surface area contributed by atoms with Crippen LogP contribution in [0.4, 0.5) is 8.78 Å². The van der Waals surface area contributed by atoms with Crippen LogP contribution in [0.2, 0.25) is 0 Å². The topological polar surface area (TPSA) is 46.9 Å². The molecule has 1 heterocycles. The molecule has 33 heavy (non-hydrogen) atoms. The highest BCUT2D eigenvalue weighted by molar-refractivity contribution is 5.95. The van der Waals surface area contributed by atoms with Crippen LogP contribution >= 0.6 is 0 Å². The molecule has 3 aromatic rings. The van der Waals surface area contributed by atoms with Gasteiger partial charge in [-0.05, 0) is 55.7 Å². The van der Waals surface area contributed by atoms with Crippen LogP contribution in [0.3, 0.4) is 0 Å². The zero-order valence-electron chi connectivity index (χ0n) is 19.7. The Morgan fingerprint density at radius 3 is 2.48 bits per heavy atom. The normalized spacial score (nSPS) is 22.9. The molecule has 5 rings (SSSR count). The summed E-state index contributed by atoms with van der Waals surface area (Å²) in [7, 11) is 0. The van der Waals surface area contributed by atoms with E-state index in [4.69, 9.17) is 0 Å². The maximum absolute atomic E-state index is 14.9. The van der Waals surface area contributed by atoms with Gasteiger partial charge in [-0.3, -0.25) is 4.79 Å². The molecule has 1 N–H and O–H groups in total. The maximum atomic E-state index is 14.9. The molecule has 2 unspecified atom stereocenters. The maximum Gasteiger partial charge on any atom is 0.272 e. The Morgan fingerprint density at radius 2 is 1.82 bits per heavy atom. The molecule has 172 valence electrons. The number of nitrogens with zero attached hydrogens (tertiary/aromatic N) is 2. The SMILES string of the molecule is CC(C)(NC(=O)c1nn(-c2ccc(F)cc2F)c2c1C1CCC2(C)C1(C)C)c1ccccc1. The van der Waals surface area contributed by atoms with Gasteiger partial charge in [-0.1, -0.05) is 51.1 Å². The summed E-state index contributed by atoms with van der Waals surface area (Å²) in [5.74, 6) is -1.47. The van der Waals surface area contributed by atoms with Gasteiger partial charge < -0.3 is 5.32 Å². The Labute approximate surface area is 193 Å². The molecule has 4 nitrogen and oxygen atoms in total. The quantitative estimate of drug-likeness (QED) is 0.532. The average Bonchev–Trinajstić information content (AvgIpc) is 3.30. The Bertz CT molecular complexity index is 1260. The van der Waals surface area contributed by atoms with Crippen molar-refractivity contribution in [2.75, 3.05) is 0 Å². The van der Waals surface area contributed by atoms with E-state index in [9.17, 15) is 13.6 Å². The van der Waals surface area contributed by atoms with Crippen molar-refractivity contribution in [1.29, 1.82) is 0 Å². The van der Waals surface area contributed by atoms with E-state index in [1.165, 1.54) is 12.1 Å². The average molecular weight is 450 g/mol. The second-order valence-electron chi connectivity index (χ2n) is 10.7. The third-order valence-corrected chi connectivity index (χ3v) is 8.29. The lowest BCUT2D eigenvalue weighted by Gasteiger charge is -2.35. The van der Waals surface area contributed by atoms with Crippen molar-refractivity contribution in [3.05, 3.63) is 82.7 Å². The van der Waals surface area contributed by atoms with Gasteiger partial charge in [-0.2, -0.15) is 5.10 Å². The van der Waals surface area contributed by atoms with Crippen molar-refractivity contribution >= 4 is 5.91 Å². The number of rotatable bonds is 4. The Hall–Kier alpha value is -3.02. The van der Waals surface area contributed by atoms with Gasteiger partial charge in [0.05, 0.1) is 11.2 Å². The molecular formula is C27H29F2N3O. The third kappa shape index (κ3) is 2.99. The number of fused-ring (bicyclic) bond motifs is 5. The molecule has 2 atom stereocenters. The molecule has 0 radical (unpaired) electrons. The predicted molar refractivity (Wildman–Crippen MR) is 124 cm³/mol. The summed E-state index contributed by atoms with van der Waals surface area (Å²) in [6, 6.07) is 13.3. The summed E-state index contributed by atoms with van der Waals surface area (Å²) in [6.45, 7) is 10.5. The van der Waals surface area contributed by atoms with Crippen LogP contribution in [-0.2, 0) is 11.0 Å². The van der Waals surface area contributed by atoms with E-state index >= 15 is 0 Å². The van der Waals surface area contributed by atoms with Crippen LogP contribution in [0.1, 0.15) is 80.7 Å². The van der Waals surface area contributed by atoms with Crippen LogP contribution < -0.4 is 5.32 Å². The highest BCUT2D eigenvalue weighted by Crippen LogP contribution is 2.68. The van der Waals surface area contributed by atoms with E-state index in [1.54, 1.807) is 4.68 Å². The van der Waals surface area contributed by atoms with Gasteiger partial charge in [0.1, 0.15) is 11.5 Å². The fraction of sp³-hybridized carbons (Fsp3) is 0.407. The molecule has 1 saturated carbocycles. The summed E-state index contributed by atoms with van der Waals surface area (Å²) in [5.41, 5.74) is 2.26. The van der Waals surface area contributed by atoms with Crippen LogP contribution in [0.15, 0.2) is 48.5 Å². The predicted octanol–water partition coefficient (Wildman–Crippen LogP) is 5.99. The number of carbonyl (C=O) groups is 1. The third-order valence-electron chi connectivity index (χ3n) is 8.29. The number of nitrogens with one attached hydrogen (secondary N) is 1. The molecule has 1 fully saturated rings. The number of benzene rings is 2. The molecule has 0 saturated heterocycles. The number of aromatic nitrogens is 2. The summed E-state index contributed by atoms with van der Waals surface area (Å²) < 4.78 is 30.0. The minimum atomic E-state index is -0.693. The van der Waals surface area contributed by atoms with Crippen molar-refractivity contribution < 1.29 is 13.6 Å². The Morgan fingerprint density at radius 1 is 1.12 bits per heavy atom. The summed E-state index contributed by atoms with van der Waals surface area (Å²) in [4.78, 5) is 13.6. The van der Waals surface area contributed by atoms with Gasteiger partial charge in [0, 0.05) is 17.0 Å². The first kappa shape index (κ1) is 21.8. The lowest BCUT2D eigenvalue weighted by molar-refractivity contribution is 0.0904. The Balaban J connectivity index is 1.65. The molecule has 2 aliphatic carbocycles. The van der Waals surface area contributed by atoms with Crippen molar-refractivity contribution in [3.8, 4) is 5.69 Å². The van der Waals surface area contributed by atoms with Gasteiger partial charge in [-0.15, -0.1) is 0 Å². The van der Waals surface area contributed by atoms with Crippen molar-refractivity contribution in [1.82, 2.24) is 15.1 Å². The second kappa shape index (κ2) is 6.99. The van der Waals surface area contributed by atoms with E-state index < -0.39 is 17.2 Å². The van der Waals surface area contributed by atoms with Crippen LogP contribution in [0.25, 0.3) is 5.69 Å². The summed E-state index contributed by atoms with van der Waals surface area (Å²) in [6.07, 6.45) is 1.89. The van der Waals surface area contributed by atoms with Crippen LogP contribution in [0, 0.1) is 17.0 Å². The molecule has 6 heteroatoms. The zero-order valence-corrected chi connectivity index (χ0v) is 19.7. The summed E-state index contributed by atoms with van der Waals surface area (Å²) in [5, 5.41) is 7.80. The zero-order chi connectivity index (χ0) is 23.8.